The molecule has 2 heteroatoms. The Kier molecular flexibility index (Phi) is 1.67. The van der Waals surface area contributed by atoms with Gasteiger partial charge in [-0.3, -0.25) is 4.79 Å². The standard InChI is InChI=1S/C10H17NO/c1-10(2)6-8(10)9(12)11-7-4-3-5-7/h7-8H,3-6H2,1-2H3,(H,11,12). The first-order chi connectivity index (χ1) is 5.59. The Morgan fingerprint density at radius 2 is 2.00 bits per heavy atom. The maximum absolute atomic E-state index is 11.5. The van der Waals surface area contributed by atoms with Crippen molar-refractivity contribution in [2.24, 2.45) is 11.3 Å². The summed E-state index contributed by atoms with van der Waals surface area (Å²) in [5, 5.41) is 3.09. The van der Waals surface area contributed by atoms with E-state index in [-0.39, 0.29) is 5.41 Å². The van der Waals surface area contributed by atoms with Crippen molar-refractivity contribution in [2.75, 3.05) is 0 Å². The molecule has 0 aromatic heterocycles. The van der Waals surface area contributed by atoms with Gasteiger partial charge in [0, 0.05) is 12.0 Å². The van der Waals surface area contributed by atoms with Crippen LogP contribution in [-0.4, -0.2) is 11.9 Å². The van der Waals surface area contributed by atoms with Gasteiger partial charge in [-0.25, -0.2) is 0 Å². The minimum absolute atomic E-state index is 0.286. The zero-order valence-corrected chi connectivity index (χ0v) is 7.89. The molecule has 2 saturated carbocycles. The van der Waals surface area contributed by atoms with Crippen molar-refractivity contribution in [3.8, 4) is 0 Å². The van der Waals surface area contributed by atoms with Crippen LogP contribution in [0.5, 0.6) is 0 Å². The van der Waals surface area contributed by atoms with Crippen LogP contribution in [0.3, 0.4) is 0 Å². The lowest BCUT2D eigenvalue weighted by atomic mass is 9.93. The van der Waals surface area contributed by atoms with Crippen molar-refractivity contribution in [2.45, 2.75) is 45.6 Å². The molecule has 68 valence electrons. The summed E-state index contributed by atoms with van der Waals surface area (Å²) in [5.74, 6) is 0.600. The minimum Gasteiger partial charge on any atom is -0.353 e. The van der Waals surface area contributed by atoms with Crippen LogP contribution in [-0.2, 0) is 4.79 Å². The van der Waals surface area contributed by atoms with Crippen molar-refractivity contribution in [3.05, 3.63) is 0 Å². The Bertz CT molecular complexity index is 206. The Hall–Kier alpha value is -0.530. The fourth-order valence-electron chi connectivity index (χ4n) is 1.77. The van der Waals surface area contributed by atoms with E-state index in [1.807, 2.05) is 0 Å². The average molecular weight is 167 g/mol. The molecule has 0 bridgehead atoms. The normalized spacial score (nSPS) is 32.3. The summed E-state index contributed by atoms with van der Waals surface area (Å²) in [6.45, 7) is 4.33. The smallest absolute Gasteiger partial charge is 0.223 e. The van der Waals surface area contributed by atoms with Crippen LogP contribution < -0.4 is 5.32 Å². The highest BCUT2D eigenvalue weighted by Gasteiger charge is 2.50. The SMILES string of the molecule is CC1(C)CC1C(=O)NC1CCC1. The summed E-state index contributed by atoms with van der Waals surface area (Å²) in [5.41, 5.74) is 0.286. The first kappa shape index (κ1) is 8.09. The largest absolute Gasteiger partial charge is 0.353 e. The number of rotatable bonds is 2. The predicted molar refractivity (Wildman–Crippen MR) is 47.7 cm³/mol. The van der Waals surface area contributed by atoms with Gasteiger partial charge in [-0.2, -0.15) is 0 Å². The van der Waals surface area contributed by atoms with Gasteiger partial charge < -0.3 is 5.32 Å². The predicted octanol–water partition coefficient (Wildman–Crippen LogP) is 1.70. The monoisotopic (exact) mass is 167 g/mol. The van der Waals surface area contributed by atoms with Crippen LogP contribution in [0.2, 0.25) is 0 Å². The maximum Gasteiger partial charge on any atom is 0.223 e. The molecule has 1 unspecified atom stereocenters. The molecule has 0 spiro atoms. The third-order valence-corrected chi connectivity index (χ3v) is 3.28. The summed E-state index contributed by atoms with van der Waals surface area (Å²) < 4.78 is 0. The van der Waals surface area contributed by atoms with Gasteiger partial charge in [-0.05, 0) is 31.1 Å². The van der Waals surface area contributed by atoms with Gasteiger partial charge in [0.15, 0.2) is 0 Å². The highest BCUT2D eigenvalue weighted by molar-refractivity contribution is 5.82. The van der Waals surface area contributed by atoms with E-state index >= 15 is 0 Å². The lowest BCUT2D eigenvalue weighted by Gasteiger charge is -2.26. The molecule has 2 aliphatic rings. The number of amides is 1. The first-order valence-electron chi connectivity index (χ1n) is 4.90. The van der Waals surface area contributed by atoms with Gasteiger partial charge in [-0.15, -0.1) is 0 Å². The second kappa shape index (κ2) is 2.48. The second-order valence-electron chi connectivity index (χ2n) is 4.88. The number of hydrogen-bond acceptors (Lipinski definition) is 1. The molecule has 12 heavy (non-hydrogen) atoms. The van der Waals surface area contributed by atoms with E-state index in [0.717, 1.165) is 6.42 Å². The summed E-state index contributed by atoms with van der Waals surface area (Å²) in [6, 6.07) is 0.508. The molecule has 1 amide bonds. The fourth-order valence-corrected chi connectivity index (χ4v) is 1.77. The zero-order valence-electron chi connectivity index (χ0n) is 7.89. The zero-order chi connectivity index (χ0) is 8.77. The van der Waals surface area contributed by atoms with Gasteiger partial charge >= 0.3 is 0 Å². The van der Waals surface area contributed by atoms with Crippen molar-refractivity contribution in [1.29, 1.82) is 0 Å². The molecule has 0 radical (unpaired) electrons. The molecule has 2 aliphatic carbocycles. The topological polar surface area (TPSA) is 29.1 Å². The van der Waals surface area contributed by atoms with Crippen LogP contribution in [0.25, 0.3) is 0 Å². The van der Waals surface area contributed by atoms with E-state index in [1.54, 1.807) is 0 Å². The van der Waals surface area contributed by atoms with Crippen molar-refractivity contribution >= 4 is 5.91 Å². The molecular formula is C10H17NO. The highest BCUT2D eigenvalue weighted by atomic mass is 16.2. The van der Waals surface area contributed by atoms with Crippen molar-refractivity contribution in [1.82, 2.24) is 5.32 Å². The number of hydrogen-bond donors (Lipinski definition) is 1. The molecule has 2 rings (SSSR count). The molecule has 1 N–H and O–H groups in total. The quantitative estimate of drug-likeness (QED) is 0.666. The number of carbonyl (C=O) groups is 1. The molecule has 2 fully saturated rings. The van der Waals surface area contributed by atoms with Gasteiger partial charge in [-0.1, -0.05) is 13.8 Å². The van der Waals surface area contributed by atoms with Gasteiger partial charge in [0.1, 0.15) is 0 Å². The van der Waals surface area contributed by atoms with E-state index in [4.69, 9.17) is 0 Å². The molecule has 1 atom stereocenters. The van der Waals surface area contributed by atoms with E-state index in [0.29, 0.717) is 17.9 Å². The van der Waals surface area contributed by atoms with Crippen LogP contribution in [0.4, 0.5) is 0 Å². The maximum atomic E-state index is 11.5. The lowest BCUT2D eigenvalue weighted by molar-refractivity contribution is -0.124. The Morgan fingerprint density at radius 1 is 1.42 bits per heavy atom. The Morgan fingerprint density at radius 3 is 2.33 bits per heavy atom. The first-order valence-corrected chi connectivity index (χ1v) is 4.90. The van der Waals surface area contributed by atoms with Crippen LogP contribution in [0.15, 0.2) is 0 Å². The number of carbonyl (C=O) groups excluding carboxylic acids is 1. The molecule has 0 aromatic carbocycles. The van der Waals surface area contributed by atoms with Crippen LogP contribution >= 0.6 is 0 Å². The van der Waals surface area contributed by atoms with E-state index < -0.39 is 0 Å². The molecule has 0 aromatic rings. The van der Waals surface area contributed by atoms with Crippen LogP contribution in [0, 0.1) is 11.3 Å². The van der Waals surface area contributed by atoms with E-state index in [9.17, 15) is 4.79 Å². The van der Waals surface area contributed by atoms with Crippen molar-refractivity contribution in [3.63, 3.8) is 0 Å². The van der Waals surface area contributed by atoms with Gasteiger partial charge in [0.05, 0.1) is 0 Å². The number of nitrogens with one attached hydrogen (secondary N) is 1. The molecule has 2 nitrogen and oxygen atoms in total. The summed E-state index contributed by atoms with van der Waals surface area (Å²) in [7, 11) is 0. The van der Waals surface area contributed by atoms with E-state index in [2.05, 4.69) is 19.2 Å². The van der Waals surface area contributed by atoms with Gasteiger partial charge in [0.25, 0.3) is 0 Å². The van der Waals surface area contributed by atoms with Crippen molar-refractivity contribution < 1.29 is 4.79 Å². The Balaban J connectivity index is 1.78. The summed E-state index contributed by atoms with van der Waals surface area (Å²) >= 11 is 0. The fraction of sp³-hybridized carbons (Fsp3) is 0.900. The third kappa shape index (κ3) is 1.35. The third-order valence-electron chi connectivity index (χ3n) is 3.28. The second-order valence-corrected chi connectivity index (χ2v) is 4.88. The lowest BCUT2D eigenvalue weighted by Crippen LogP contribution is -2.40. The summed E-state index contributed by atoms with van der Waals surface area (Å²) in [6.07, 6.45) is 4.75. The molecular weight excluding hydrogens is 150 g/mol. The average Bonchev–Trinajstić information content (AvgIpc) is 2.50. The molecule has 0 saturated heterocycles. The minimum atomic E-state index is 0.286. The highest BCUT2D eigenvalue weighted by Crippen LogP contribution is 2.51. The van der Waals surface area contributed by atoms with E-state index in [1.165, 1.54) is 19.3 Å². The Labute approximate surface area is 73.7 Å². The van der Waals surface area contributed by atoms with Gasteiger partial charge in [0.2, 0.25) is 5.91 Å². The summed E-state index contributed by atoms with van der Waals surface area (Å²) in [4.78, 5) is 11.5. The van der Waals surface area contributed by atoms with Crippen LogP contribution in [0.1, 0.15) is 39.5 Å². The molecule has 0 heterocycles. The molecule has 0 aliphatic heterocycles.